The van der Waals surface area contributed by atoms with E-state index in [0.29, 0.717) is 0 Å². The van der Waals surface area contributed by atoms with Gasteiger partial charge in [-0.05, 0) is 40.2 Å². The molecule has 0 aromatic rings. The minimum Gasteiger partial charge on any atom is -0.258 e. The van der Waals surface area contributed by atoms with Gasteiger partial charge < -0.3 is 0 Å². The van der Waals surface area contributed by atoms with Crippen LogP contribution in [0.25, 0.3) is 0 Å². The van der Waals surface area contributed by atoms with Crippen molar-refractivity contribution in [3.8, 4) is 0 Å². The molecule has 72 valence electrons. The van der Waals surface area contributed by atoms with Crippen molar-refractivity contribution in [2.75, 3.05) is 0 Å². The summed E-state index contributed by atoms with van der Waals surface area (Å²) in [5, 5.41) is 0. The smallest absolute Gasteiger partial charge is 0.0444 e. The molecule has 0 aliphatic rings. The Morgan fingerprint density at radius 2 is 1.62 bits per heavy atom. The van der Waals surface area contributed by atoms with E-state index >= 15 is 0 Å². The Morgan fingerprint density at radius 1 is 1.00 bits per heavy atom. The maximum absolute atomic E-state index is 4.44. The molecule has 1 heteroatoms. The number of aliphatic imine (C=N–C) groups is 1. The number of nitrogens with zero attached hydrogens (tertiary/aromatic N) is 1. The first-order chi connectivity index (χ1) is 6.15. The minimum absolute atomic E-state index is 1.06. The highest BCUT2D eigenvalue weighted by Gasteiger charge is 1.94. The fourth-order valence-electron chi connectivity index (χ4n) is 0.999. The van der Waals surface area contributed by atoms with Gasteiger partial charge in [-0.3, -0.25) is 4.99 Å². The van der Waals surface area contributed by atoms with Crippen molar-refractivity contribution in [2.24, 2.45) is 4.99 Å². The zero-order valence-electron chi connectivity index (χ0n) is 9.26. The van der Waals surface area contributed by atoms with Gasteiger partial charge in [0.1, 0.15) is 0 Å². The van der Waals surface area contributed by atoms with E-state index in [9.17, 15) is 0 Å². The lowest BCUT2D eigenvalue weighted by Crippen LogP contribution is -1.94. The number of allylic oxidation sites excluding steroid dienone is 6. The van der Waals surface area contributed by atoms with Gasteiger partial charge in [0.15, 0.2) is 0 Å². The van der Waals surface area contributed by atoms with E-state index < -0.39 is 0 Å². The van der Waals surface area contributed by atoms with Crippen molar-refractivity contribution < 1.29 is 0 Å². The third-order valence-corrected chi connectivity index (χ3v) is 1.84. The molecule has 0 aromatic carbocycles. The topological polar surface area (TPSA) is 12.4 Å². The van der Waals surface area contributed by atoms with E-state index in [4.69, 9.17) is 0 Å². The molecule has 0 heterocycles. The van der Waals surface area contributed by atoms with Crippen LogP contribution in [0.15, 0.2) is 40.6 Å². The van der Waals surface area contributed by atoms with Crippen molar-refractivity contribution >= 4 is 5.71 Å². The molecular weight excluding hydrogens is 158 g/mol. The van der Waals surface area contributed by atoms with Gasteiger partial charge in [0.2, 0.25) is 0 Å². The van der Waals surface area contributed by atoms with Gasteiger partial charge in [0.25, 0.3) is 0 Å². The van der Waals surface area contributed by atoms with E-state index in [2.05, 4.69) is 17.1 Å². The lowest BCUT2D eigenvalue weighted by atomic mass is 10.1. The van der Waals surface area contributed by atoms with E-state index in [1.807, 2.05) is 46.8 Å². The molecule has 0 bridgehead atoms. The molecule has 0 aliphatic carbocycles. The molecule has 1 nitrogen and oxygen atoms in total. The van der Waals surface area contributed by atoms with Gasteiger partial charge in [0.05, 0.1) is 0 Å². The summed E-state index contributed by atoms with van der Waals surface area (Å²) in [4.78, 5) is 4.44. The fourth-order valence-corrected chi connectivity index (χ4v) is 0.999. The Hall–Kier alpha value is -1.11. The van der Waals surface area contributed by atoms with Crippen molar-refractivity contribution in [1.29, 1.82) is 0 Å². The number of hydrogen-bond acceptors (Lipinski definition) is 1. The fraction of sp³-hybridized carbons (Fsp3) is 0.417. The van der Waals surface area contributed by atoms with Gasteiger partial charge in [0, 0.05) is 11.4 Å². The van der Waals surface area contributed by atoms with Crippen molar-refractivity contribution in [2.45, 2.75) is 34.6 Å². The van der Waals surface area contributed by atoms with E-state index in [1.165, 1.54) is 5.57 Å². The van der Waals surface area contributed by atoms with Crippen LogP contribution in [0.3, 0.4) is 0 Å². The summed E-state index contributed by atoms with van der Waals surface area (Å²) in [5.74, 6) is 0. The first-order valence-electron chi connectivity index (χ1n) is 4.63. The third kappa shape index (κ3) is 4.46. The average molecular weight is 177 g/mol. The highest BCUT2D eigenvalue weighted by molar-refractivity contribution is 6.01. The highest BCUT2D eigenvalue weighted by Crippen LogP contribution is 2.04. The largest absolute Gasteiger partial charge is 0.258 e. The molecule has 0 saturated carbocycles. The van der Waals surface area contributed by atoms with Crippen LogP contribution in [-0.4, -0.2) is 5.71 Å². The maximum atomic E-state index is 4.44. The quantitative estimate of drug-likeness (QED) is 0.458. The van der Waals surface area contributed by atoms with Crippen LogP contribution in [0.1, 0.15) is 34.6 Å². The first kappa shape index (κ1) is 11.9. The van der Waals surface area contributed by atoms with Crippen LogP contribution < -0.4 is 0 Å². The third-order valence-electron chi connectivity index (χ3n) is 1.84. The predicted molar refractivity (Wildman–Crippen MR) is 61.1 cm³/mol. The Balaban J connectivity index is 4.76. The van der Waals surface area contributed by atoms with Gasteiger partial charge in [-0.1, -0.05) is 24.3 Å². The molecule has 0 aliphatic heterocycles. The molecule has 0 N–H and O–H groups in total. The molecule has 13 heavy (non-hydrogen) atoms. The summed E-state index contributed by atoms with van der Waals surface area (Å²) in [5.41, 5.74) is 3.31. The van der Waals surface area contributed by atoms with Gasteiger partial charge in [-0.15, -0.1) is 0 Å². The average Bonchev–Trinajstić information content (AvgIpc) is 2.13. The lowest BCUT2D eigenvalue weighted by molar-refractivity contribution is 1.27. The Morgan fingerprint density at radius 3 is 2.00 bits per heavy atom. The SMILES string of the molecule is C\C=C/C(=C\C)C(/C)=N/C(C)=C\C. The van der Waals surface area contributed by atoms with Crippen LogP contribution >= 0.6 is 0 Å². The minimum atomic E-state index is 1.06. The highest BCUT2D eigenvalue weighted by atomic mass is 14.7. The standard InChI is InChI=1S/C12H19N/c1-6-9-12(8-3)11(5)13-10(4)7-2/h6-9H,1-5H3/b9-6-,10-7-,12-8+,13-11+. The maximum Gasteiger partial charge on any atom is 0.0444 e. The summed E-state index contributed by atoms with van der Waals surface area (Å²) in [6.45, 7) is 10.1. The molecule has 0 amide bonds. The van der Waals surface area contributed by atoms with Crippen LogP contribution in [0, 0.1) is 0 Å². The Bertz CT molecular complexity index is 265. The zero-order valence-corrected chi connectivity index (χ0v) is 9.26. The molecule has 0 atom stereocenters. The van der Waals surface area contributed by atoms with Crippen molar-refractivity contribution in [3.05, 3.63) is 35.6 Å². The molecule has 0 radical (unpaired) electrons. The van der Waals surface area contributed by atoms with E-state index in [0.717, 1.165) is 11.4 Å². The molecule has 0 unspecified atom stereocenters. The molecule has 0 saturated heterocycles. The molecular formula is C12H19N. The van der Waals surface area contributed by atoms with E-state index in [1.54, 1.807) is 0 Å². The lowest BCUT2D eigenvalue weighted by Gasteiger charge is -2.00. The summed E-state index contributed by atoms with van der Waals surface area (Å²) in [7, 11) is 0. The summed E-state index contributed by atoms with van der Waals surface area (Å²) < 4.78 is 0. The number of hydrogen-bond donors (Lipinski definition) is 0. The molecule has 0 spiro atoms. The number of rotatable bonds is 3. The summed E-state index contributed by atoms with van der Waals surface area (Å²) in [6, 6.07) is 0. The monoisotopic (exact) mass is 177 g/mol. The van der Waals surface area contributed by atoms with Crippen LogP contribution in [0.4, 0.5) is 0 Å². The molecule has 0 fully saturated rings. The van der Waals surface area contributed by atoms with Crippen molar-refractivity contribution in [3.63, 3.8) is 0 Å². The summed E-state index contributed by atoms with van der Waals surface area (Å²) >= 11 is 0. The molecule has 0 aromatic heterocycles. The Labute approximate surface area is 81.6 Å². The normalized spacial score (nSPS) is 15.6. The molecule has 0 rings (SSSR count). The second kappa shape index (κ2) is 6.41. The Kier molecular flexibility index (Phi) is 5.86. The summed E-state index contributed by atoms with van der Waals surface area (Å²) in [6.07, 6.45) is 8.18. The van der Waals surface area contributed by atoms with Crippen LogP contribution in [0.5, 0.6) is 0 Å². The zero-order chi connectivity index (χ0) is 10.3. The van der Waals surface area contributed by atoms with Gasteiger partial charge in [-0.2, -0.15) is 0 Å². The van der Waals surface area contributed by atoms with Crippen molar-refractivity contribution in [1.82, 2.24) is 0 Å². The second-order valence-corrected chi connectivity index (χ2v) is 2.87. The van der Waals surface area contributed by atoms with Crippen LogP contribution in [0.2, 0.25) is 0 Å². The van der Waals surface area contributed by atoms with Crippen LogP contribution in [-0.2, 0) is 0 Å². The first-order valence-corrected chi connectivity index (χ1v) is 4.63. The van der Waals surface area contributed by atoms with Gasteiger partial charge in [-0.25, -0.2) is 0 Å². The van der Waals surface area contributed by atoms with Gasteiger partial charge >= 0.3 is 0 Å². The predicted octanol–water partition coefficient (Wildman–Crippen LogP) is 3.89. The van der Waals surface area contributed by atoms with E-state index in [-0.39, 0.29) is 0 Å². The second-order valence-electron chi connectivity index (χ2n) is 2.87.